The second-order valence-electron chi connectivity index (χ2n) is 6.25. The van der Waals surface area contributed by atoms with Crippen molar-refractivity contribution in [3.63, 3.8) is 0 Å². The van der Waals surface area contributed by atoms with Crippen LogP contribution in [0.3, 0.4) is 0 Å². The van der Waals surface area contributed by atoms with Gasteiger partial charge in [-0.15, -0.1) is 0 Å². The lowest BCUT2D eigenvalue weighted by molar-refractivity contribution is 0.0952. The van der Waals surface area contributed by atoms with Gasteiger partial charge in [-0.25, -0.2) is 9.37 Å². The number of carbonyl (C=O) groups excluding carboxylic acids is 1. The molecule has 132 valence electrons. The number of benzene rings is 3. The normalized spacial score (nSPS) is 10.7. The number of carbonyl (C=O) groups is 1. The number of aromatic nitrogens is 1. The van der Waals surface area contributed by atoms with Gasteiger partial charge in [-0.1, -0.05) is 60.7 Å². The largest absolute Gasteiger partial charge is 0.348 e. The van der Waals surface area contributed by atoms with Crippen LogP contribution in [-0.4, -0.2) is 10.9 Å². The average molecular weight is 356 g/mol. The van der Waals surface area contributed by atoms with Crippen molar-refractivity contribution in [3.05, 3.63) is 102 Å². The molecule has 0 saturated carbocycles. The smallest absolute Gasteiger partial charge is 0.252 e. The van der Waals surface area contributed by atoms with E-state index in [-0.39, 0.29) is 11.7 Å². The molecule has 4 aromatic rings. The van der Waals surface area contributed by atoms with E-state index in [2.05, 4.69) is 5.32 Å². The van der Waals surface area contributed by atoms with E-state index < -0.39 is 0 Å². The number of rotatable bonds is 4. The van der Waals surface area contributed by atoms with Gasteiger partial charge in [0, 0.05) is 17.5 Å². The van der Waals surface area contributed by atoms with E-state index in [1.54, 1.807) is 12.1 Å². The number of pyridine rings is 1. The molecule has 1 amide bonds. The van der Waals surface area contributed by atoms with E-state index >= 15 is 0 Å². The molecule has 0 radical (unpaired) electrons. The van der Waals surface area contributed by atoms with Crippen molar-refractivity contribution < 1.29 is 9.18 Å². The van der Waals surface area contributed by atoms with E-state index in [9.17, 15) is 9.18 Å². The molecular formula is C23H17FN2O. The number of halogens is 1. The highest BCUT2D eigenvalue weighted by Gasteiger charge is 2.13. The first-order valence-electron chi connectivity index (χ1n) is 8.68. The fourth-order valence-corrected chi connectivity index (χ4v) is 3.00. The van der Waals surface area contributed by atoms with Gasteiger partial charge in [-0.2, -0.15) is 0 Å². The van der Waals surface area contributed by atoms with Crippen molar-refractivity contribution in [3.8, 4) is 11.3 Å². The van der Waals surface area contributed by atoms with Gasteiger partial charge >= 0.3 is 0 Å². The van der Waals surface area contributed by atoms with Gasteiger partial charge < -0.3 is 5.32 Å². The van der Waals surface area contributed by atoms with Crippen molar-refractivity contribution in [2.75, 3.05) is 0 Å². The average Bonchev–Trinajstić information content (AvgIpc) is 2.73. The number of nitrogens with zero attached hydrogens (tertiary/aromatic N) is 1. The summed E-state index contributed by atoms with van der Waals surface area (Å²) in [6.45, 7) is 0.330. The summed E-state index contributed by atoms with van der Waals surface area (Å²) in [7, 11) is 0. The molecule has 0 atom stereocenters. The molecule has 0 unspecified atom stereocenters. The number of hydrogen-bond donors (Lipinski definition) is 1. The topological polar surface area (TPSA) is 42.0 Å². The molecule has 1 N–H and O–H groups in total. The van der Waals surface area contributed by atoms with Gasteiger partial charge in [0.1, 0.15) is 5.82 Å². The lowest BCUT2D eigenvalue weighted by Crippen LogP contribution is -2.23. The van der Waals surface area contributed by atoms with E-state index in [0.717, 1.165) is 27.7 Å². The third-order valence-electron chi connectivity index (χ3n) is 4.40. The van der Waals surface area contributed by atoms with Crippen molar-refractivity contribution >= 4 is 16.8 Å². The van der Waals surface area contributed by atoms with Crippen LogP contribution >= 0.6 is 0 Å². The Morgan fingerprint density at radius 2 is 1.59 bits per heavy atom. The molecule has 0 fully saturated rings. The lowest BCUT2D eigenvalue weighted by Gasteiger charge is -2.11. The number of para-hydroxylation sites is 1. The first kappa shape index (κ1) is 16.9. The van der Waals surface area contributed by atoms with Gasteiger partial charge in [0.15, 0.2) is 0 Å². The van der Waals surface area contributed by atoms with Crippen molar-refractivity contribution in [2.45, 2.75) is 6.54 Å². The van der Waals surface area contributed by atoms with Gasteiger partial charge in [0.05, 0.1) is 16.8 Å². The molecule has 1 aromatic heterocycles. The maximum absolute atomic E-state index is 13.0. The molecule has 0 saturated heterocycles. The second-order valence-corrected chi connectivity index (χ2v) is 6.25. The zero-order chi connectivity index (χ0) is 18.6. The van der Waals surface area contributed by atoms with E-state index in [4.69, 9.17) is 4.98 Å². The van der Waals surface area contributed by atoms with Gasteiger partial charge in [-0.05, 0) is 29.8 Å². The predicted octanol–water partition coefficient (Wildman–Crippen LogP) is 4.97. The molecule has 0 bridgehead atoms. The van der Waals surface area contributed by atoms with Crippen LogP contribution in [0.1, 0.15) is 15.9 Å². The molecule has 0 aliphatic rings. The van der Waals surface area contributed by atoms with Crippen LogP contribution < -0.4 is 5.32 Å². The summed E-state index contributed by atoms with van der Waals surface area (Å²) >= 11 is 0. The molecule has 4 heteroatoms. The van der Waals surface area contributed by atoms with E-state index in [1.807, 2.05) is 60.7 Å². The minimum absolute atomic E-state index is 0.185. The summed E-state index contributed by atoms with van der Waals surface area (Å²) in [6.07, 6.45) is 0. The van der Waals surface area contributed by atoms with Crippen LogP contribution in [0.2, 0.25) is 0 Å². The summed E-state index contributed by atoms with van der Waals surface area (Å²) in [6, 6.07) is 25.3. The number of fused-ring (bicyclic) bond motifs is 1. The molecule has 1 heterocycles. The quantitative estimate of drug-likeness (QED) is 0.561. The number of nitrogens with one attached hydrogen (secondary N) is 1. The minimum Gasteiger partial charge on any atom is -0.348 e. The second kappa shape index (κ2) is 7.38. The van der Waals surface area contributed by atoms with Crippen LogP contribution in [-0.2, 0) is 6.54 Å². The van der Waals surface area contributed by atoms with Crippen molar-refractivity contribution in [2.24, 2.45) is 0 Å². The number of amides is 1. The zero-order valence-corrected chi connectivity index (χ0v) is 14.5. The third-order valence-corrected chi connectivity index (χ3v) is 4.40. The Bertz CT molecular complexity index is 1090. The Morgan fingerprint density at radius 3 is 2.37 bits per heavy atom. The first-order valence-corrected chi connectivity index (χ1v) is 8.68. The molecule has 0 aliphatic heterocycles. The molecule has 0 spiro atoms. The maximum Gasteiger partial charge on any atom is 0.252 e. The predicted molar refractivity (Wildman–Crippen MR) is 105 cm³/mol. The monoisotopic (exact) mass is 356 g/mol. The van der Waals surface area contributed by atoms with Crippen molar-refractivity contribution in [1.29, 1.82) is 0 Å². The van der Waals surface area contributed by atoms with Crippen LogP contribution in [0.25, 0.3) is 22.2 Å². The summed E-state index contributed by atoms with van der Waals surface area (Å²) in [5, 5.41) is 3.72. The molecule has 3 nitrogen and oxygen atoms in total. The highest BCUT2D eigenvalue weighted by Crippen LogP contribution is 2.24. The van der Waals surface area contributed by atoms with Crippen LogP contribution in [0.15, 0.2) is 84.9 Å². The Hall–Kier alpha value is -3.53. The van der Waals surface area contributed by atoms with Gasteiger partial charge in [-0.3, -0.25) is 4.79 Å². The zero-order valence-electron chi connectivity index (χ0n) is 14.5. The molecule has 3 aromatic carbocycles. The van der Waals surface area contributed by atoms with Crippen LogP contribution in [0.4, 0.5) is 4.39 Å². The summed E-state index contributed by atoms with van der Waals surface area (Å²) < 4.78 is 13.0. The standard InChI is InChI=1S/C23H17FN2O/c24-18-12-10-16(11-13-18)15-25-23(27)20-14-22(17-6-2-1-3-7-17)26-21-9-5-4-8-19(20)21/h1-14H,15H2,(H,25,27). The summed E-state index contributed by atoms with van der Waals surface area (Å²) in [5.74, 6) is -0.479. The molecule has 27 heavy (non-hydrogen) atoms. The molecule has 0 aliphatic carbocycles. The highest BCUT2D eigenvalue weighted by molar-refractivity contribution is 6.07. The Balaban J connectivity index is 1.69. The van der Waals surface area contributed by atoms with Crippen LogP contribution in [0, 0.1) is 5.82 Å². The molecule has 4 rings (SSSR count). The lowest BCUT2D eigenvalue weighted by atomic mass is 10.0. The highest BCUT2D eigenvalue weighted by atomic mass is 19.1. The van der Waals surface area contributed by atoms with E-state index in [1.165, 1.54) is 12.1 Å². The van der Waals surface area contributed by atoms with Crippen LogP contribution in [0.5, 0.6) is 0 Å². The van der Waals surface area contributed by atoms with Crippen molar-refractivity contribution in [1.82, 2.24) is 10.3 Å². The van der Waals surface area contributed by atoms with Gasteiger partial charge in [0.25, 0.3) is 5.91 Å². The Labute approximate surface area is 156 Å². The Kier molecular flexibility index (Phi) is 4.62. The number of hydrogen-bond acceptors (Lipinski definition) is 2. The fraction of sp³-hybridized carbons (Fsp3) is 0.0435. The summed E-state index contributed by atoms with van der Waals surface area (Å²) in [4.78, 5) is 17.6. The SMILES string of the molecule is O=C(NCc1ccc(F)cc1)c1cc(-c2ccccc2)nc2ccccc12. The third kappa shape index (κ3) is 3.70. The summed E-state index contributed by atoms with van der Waals surface area (Å²) in [5.41, 5.74) is 3.89. The Morgan fingerprint density at radius 1 is 0.889 bits per heavy atom. The maximum atomic E-state index is 13.0. The first-order chi connectivity index (χ1) is 13.2. The van der Waals surface area contributed by atoms with Gasteiger partial charge in [0.2, 0.25) is 0 Å². The van der Waals surface area contributed by atoms with E-state index in [0.29, 0.717) is 12.1 Å². The fourth-order valence-electron chi connectivity index (χ4n) is 3.00. The minimum atomic E-state index is -0.294. The molecular weight excluding hydrogens is 339 g/mol.